The molecule has 1 aromatic rings. The van der Waals surface area contributed by atoms with Crippen molar-refractivity contribution in [1.82, 2.24) is 9.97 Å². The molecule has 0 aromatic carbocycles. The van der Waals surface area contributed by atoms with E-state index in [1.807, 2.05) is 20.8 Å². The van der Waals surface area contributed by atoms with Crippen molar-refractivity contribution in [3.05, 3.63) is 21.7 Å². The van der Waals surface area contributed by atoms with E-state index in [1.54, 1.807) is 0 Å². The van der Waals surface area contributed by atoms with Crippen LogP contribution in [-0.2, 0) is 6.42 Å². The lowest BCUT2D eigenvalue weighted by Crippen LogP contribution is -2.00. The highest BCUT2D eigenvalue weighted by Gasteiger charge is 2.13. The summed E-state index contributed by atoms with van der Waals surface area (Å²) in [7, 11) is 0. The van der Waals surface area contributed by atoms with Gasteiger partial charge in [-0.2, -0.15) is 0 Å². The van der Waals surface area contributed by atoms with Crippen LogP contribution in [-0.4, -0.2) is 9.97 Å². The molecule has 0 atom stereocenters. The molecule has 0 fully saturated rings. The van der Waals surface area contributed by atoms with Gasteiger partial charge in [0.1, 0.15) is 16.1 Å². The van der Waals surface area contributed by atoms with Crippen LogP contribution in [0.25, 0.3) is 0 Å². The zero-order valence-electron chi connectivity index (χ0n) is 7.93. The molecule has 0 saturated carbocycles. The molecule has 1 aromatic heterocycles. The van der Waals surface area contributed by atoms with E-state index in [4.69, 9.17) is 23.2 Å². The van der Waals surface area contributed by atoms with E-state index in [-0.39, 0.29) is 5.92 Å². The summed E-state index contributed by atoms with van der Waals surface area (Å²) in [6, 6.07) is 0. The summed E-state index contributed by atoms with van der Waals surface area (Å²) in [6.07, 6.45) is 0.748. The number of nitrogens with zero attached hydrogens (tertiary/aromatic N) is 2. The number of rotatable bonds is 2. The molecule has 1 heterocycles. The molecule has 2 nitrogen and oxygen atoms in total. The number of aryl methyl sites for hydroxylation is 1. The van der Waals surface area contributed by atoms with Crippen molar-refractivity contribution in [1.29, 1.82) is 0 Å². The second kappa shape index (κ2) is 4.25. The summed E-state index contributed by atoms with van der Waals surface area (Å²) in [6.45, 7) is 6.00. The Kier molecular flexibility index (Phi) is 3.51. The van der Waals surface area contributed by atoms with Crippen LogP contribution in [0.1, 0.15) is 38.1 Å². The molecule has 0 N–H and O–H groups in total. The third-order valence-corrected chi connectivity index (χ3v) is 2.37. The van der Waals surface area contributed by atoms with Crippen molar-refractivity contribution in [3.8, 4) is 0 Å². The fraction of sp³-hybridized carbons (Fsp3) is 0.556. The van der Waals surface area contributed by atoms with E-state index in [2.05, 4.69) is 9.97 Å². The van der Waals surface area contributed by atoms with Crippen molar-refractivity contribution in [2.75, 3.05) is 0 Å². The maximum Gasteiger partial charge on any atom is 0.137 e. The van der Waals surface area contributed by atoms with Gasteiger partial charge in [0.2, 0.25) is 0 Å². The van der Waals surface area contributed by atoms with Gasteiger partial charge in [0.25, 0.3) is 0 Å². The predicted molar refractivity (Wildman–Crippen MR) is 55.5 cm³/mol. The van der Waals surface area contributed by atoms with Gasteiger partial charge in [0.15, 0.2) is 0 Å². The Bertz CT molecular complexity index is 287. The van der Waals surface area contributed by atoms with Crippen LogP contribution in [0.3, 0.4) is 0 Å². The number of halogens is 2. The average Bonchev–Trinajstić information content (AvgIpc) is 2.02. The zero-order chi connectivity index (χ0) is 10.0. The van der Waals surface area contributed by atoms with Crippen LogP contribution in [0, 0.1) is 0 Å². The Labute approximate surface area is 88.3 Å². The van der Waals surface area contributed by atoms with E-state index in [0.717, 1.165) is 12.0 Å². The minimum absolute atomic E-state index is 0.255. The third-order valence-electron chi connectivity index (χ3n) is 1.79. The molecule has 0 unspecified atom stereocenters. The summed E-state index contributed by atoms with van der Waals surface area (Å²) < 4.78 is 0. The average molecular weight is 219 g/mol. The molecule has 0 aliphatic heterocycles. The molecule has 4 heteroatoms. The predicted octanol–water partition coefficient (Wildman–Crippen LogP) is 3.47. The second-order valence-corrected chi connectivity index (χ2v) is 3.86. The van der Waals surface area contributed by atoms with E-state index in [1.165, 1.54) is 0 Å². The first-order valence-electron chi connectivity index (χ1n) is 4.28. The number of hydrogen-bond donors (Lipinski definition) is 0. The maximum atomic E-state index is 5.97. The highest BCUT2D eigenvalue weighted by Crippen LogP contribution is 2.28. The highest BCUT2D eigenvalue weighted by molar-refractivity contribution is 6.34. The fourth-order valence-corrected chi connectivity index (χ4v) is 1.95. The Morgan fingerprint density at radius 3 is 1.92 bits per heavy atom. The Morgan fingerprint density at radius 2 is 1.62 bits per heavy atom. The largest absolute Gasteiger partial charge is 0.221 e. The van der Waals surface area contributed by atoms with E-state index >= 15 is 0 Å². The van der Waals surface area contributed by atoms with Crippen LogP contribution in [0.15, 0.2) is 0 Å². The standard InChI is InChI=1S/C9H12Cl2N2/c1-4-6-12-8(10)7(5(2)3)9(11)13-6/h5H,4H2,1-3H3. The van der Waals surface area contributed by atoms with Gasteiger partial charge in [0, 0.05) is 12.0 Å². The van der Waals surface area contributed by atoms with Gasteiger partial charge in [-0.3, -0.25) is 0 Å². The van der Waals surface area contributed by atoms with Crippen molar-refractivity contribution >= 4 is 23.2 Å². The molecular weight excluding hydrogens is 207 g/mol. The number of aromatic nitrogens is 2. The van der Waals surface area contributed by atoms with Crippen molar-refractivity contribution in [2.24, 2.45) is 0 Å². The molecule has 0 spiro atoms. The van der Waals surface area contributed by atoms with Crippen LogP contribution < -0.4 is 0 Å². The fourth-order valence-electron chi connectivity index (χ4n) is 1.09. The smallest absolute Gasteiger partial charge is 0.137 e. The molecular formula is C9H12Cl2N2. The molecule has 0 bridgehead atoms. The summed E-state index contributed by atoms with van der Waals surface area (Å²) in [5.74, 6) is 0.949. The lowest BCUT2D eigenvalue weighted by molar-refractivity contribution is 0.826. The summed E-state index contributed by atoms with van der Waals surface area (Å²) in [5, 5.41) is 0.957. The summed E-state index contributed by atoms with van der Waals surface area (Å²) in [4.78, 5) is 8.29. The summed E-state index contributed by atoms with van der Waals surface area (Å²) in [5.41, 5.74) is 0.834. The number of hydrogen-bond acceptors (Lipinski definition) is 2. The van der Waals surface area contributed by atoms with Crippen LogP contribution in [0.2, 0.25) is 10.3 Å². The SMILES string of the molecule is CCc1nc(Cl)c(C(C)C)c(Cl)n1. The first-order chi connectivity index (χ1) is 6.06. The van der Waals surface area contributed by atoms with Gasteiger partial charge >= 0.3 is 0 Å². The lowest BCUT2D eigenvalue weighted by atomic mass is 10.1. The van der Waals surface area contributed by atoms with Gasteiger partial charge in [-0.25, -0.2) is 9.97 Å². The second-order valence-electron chi connectivity index (χ2n) is 3.14. The summed E-state index contributed by atoms with van der Waals surface area (Å²) >= 11 is 11.9. The minimum atomic E-state index is 0.255. The van der Waals surface area contributed by atoms with E-state index in [0.29, 0.717) is 16.1 Å². The monoisotopic (exact) mass is 218 g/mol. The van der Waals surface area contributed by atoms with Crippen molar-refractivity contribution < 1.29 is 0 Å². The first-order valence-corrected chi connectivity index (χ1v) is 5.03. The normalized spacial score (nSPS) is 10.9. The maximum absolute atomic E-state index is 5.97. The third kappa shape index (κ3) is 2.32. The van der Waals surface area contributed by atoms with Crippen LogP contribution >= 0.6 is 23.2 Å². The zero-order valence-corrected chi connectivity index (χ0v) is 9.45. The van der Waals surface area contributed by atoms with E-state index < -0.39 is 0 Å². The van der Waals surface area contributed by atoms with Gasteiger partial charge in [-0.05, 0) is 5.92 Å². The molecule has 1 rings (SSSR count). The first kappa shape index (κ1) is 10.7. The molecule has 0 aliphatic carbocycles. The molecule has 0 saturated heterocycles. The van der Waals surface area contributed by atoms with Crippen LogP contribution in [0.4, 0.5) is 0 Å². The van der Waals surface area contributed by atoms with Crippen molar-refractivity contribution in [3.63, 3.8) is 0 Å². The van der Waals surface area contributed by atoms with Crippen molar-refractivity contribution in [2.45, 2.75) is 33.1 Å². The molecule has 0 aliphatic rings. The quantitative estimate of drug-likeness (QED) is 0.711. The highest BCUT2D eigenvalue weighted by atomic mass is 35.5. The minimum Gasteiger partial charge on any atom is -0.221 e. The molecule has 13 heavy (non-hydrogen) atoms. The van der Waals surface area contributed by atoms with Crippen LogP contribution in [0.5, 0.6) is 0 Å². The molecule has 72 valence electrons. The van der Waals surface area contributed by atoms with Gasteiger partial charge in [0.05, 0.1) is 0 Å². The Morgan fingerprint density at radius 1 is 1.15 bits per heavy atom. The van der Waals surface area contributed by atoms with Gasteiger partial charge < -0.3 is 0 Å². The molecule has 0 radical (unpaired) electrons. The Hall–Kier alpha value is -0.340. The molecule has 0 amide bonds. The topological polar surface area (TPSA) is 25.8 Å². The van der Waals surface area contributed by atoms with Gasteiger partial charge in [-0.15, -0.1) is 0 Å². The lowest BCUT2D eigenvalue weighted by Gasteiger charge is -2.09. The van der Waals surface area contributed by atoms with Gasteiger partial charge in [-0.1, -0.05) is 44.0 Å². The van der Waals surface area contributed by atoms with E-state index in [9.17, 15) is 0 Å². The Balaban J connectivity index is 3.23.